The Morgan fingerprint density at radius 2 is 1.85 bits per heavy atom. The number of ketones is 1. The van der Waals surface area contributed by atoms with Gasteiger partial charge in [-0.1, -0.05) is 12.1 Å². The summed E-state index contributed by atoms with van der Waals surface area (Å²) in [6.45, 7) is 3.60. The molecule has 0 unspecified atom stereocenters. The molecule has 0 aliphatic heterocycles. The second kappa shape index (κ2) is 9.58. The standard InChI is InChI=1S/C20H22O6/c1-14(25-13-16-6-8-17(23-3)9-7-16)18(21)10-11-20(22)26-15(2)19-5-4-12-24-19/h4-12,14-15H,13H2,1-3H3/b11-10+/t14-,15-/m0/s1. The maximum atomic E-state index is 12.0. The maximum absolute atomic E-state index is 12.0. The summed E-state index contributed by atoms with van der Waals surface area (Å²) in [7, 11) is 1.60. The average molecular weight is 358 g/mol. The molecule has 138 valence electrons. The third-order valence-electron chi connectivity index (χ3n) is 3.68. The highest BCUT2D eigenvalue weighted by atomic mass is 16.5. The van der Waals surface area contributed by atoms with Gasteiger partial charge in [0.1, 0.15) is 17.6 Å². The van der Waals surface area contributed by atoms with Crippen molar-refractivity contribution in [1.29, 1.82) is 0 Å². The number of methoxy groups -OCH3 is 1. The minimum Gasteiger partial charge on any atom is -0.497 e. The van der Waals surface area contributed by atoms with Crippen LogP contribution >= 0.6 is 0 Å². The molecule has 0 saturated heterocycles. The van der Waals surface area contributed by atoms with E-state index in [-0.39, 0.29) is 12.4 Å². The first-order chi connectivity index (χ1) is 12.5. The van der Waals surface area contributed by atoms with Crippen molar-refractivity contribution in [1.82, 2.24) is 0 Å². The summed E-state index contributed by atoms with van der Waals surface area (Å²) in [6.07, 6.45) is 2.55. The van der Waals surface area contributed by atoms with Crippen molar-refractivity contribution < 1.29 is 28.2 Å². The lowest BCUT2D eigenvalue weighted by molar-refractivity contribution is -0.143. The average Bonchev–Trinajstić information content (AvgIpc) is 3.19. The minimum absolute atomic E-state index is 0.282. The zero-order chi connectivity index (χ0) is 18.9. The summed E-state index contributed by atoms with van der Waals surface area (Å²) < 4.78 is 20.9. The van der Waals surface area contributed by atoms with E-state index in [0.717, 1.165) is 23.5 Å². The van der Waals surface area contributed by atoms with Crippen LogP contribution in [0.25, 0.3) is 0 Å². The molecule has 0 aliphatic carbocycles. The first-order valence-corrected chi connectivity index (χ1v) is 8.20. The van der Waals surface area contributed by atoms with E-state index in [9.17, 15) is 9.59 Å². The molecular formula is C20H22O6. The van der Waals surface area contributed by atoms with Crippen LogP contribution in [0.15, 0.2) is 59.2 Å². The molecule has 2 rings (SSSR count). The van der Waals surface area contributed by atoms with Gasteiger partial charge in [-0.05, 0) is 49.8 Å². The zero-order valence-electron chi connectivity index (χ0n) is 15.0. The minimum atomic E-state index is -0.677. The quantitative estimate of drug-likeness (QED) is 0.503. The number of carbonyl (C=O) groups excluding carboxylic acids is 2. The number of benzene rings is 1. The number of hydrogen-bond donors (Lipinski definition) is 0. The molecule has 1 aromatic heterocycles. The van der Waals surface area contributed by atoms with Crippen molar-refractivity contribution in [2.24, 2.45) is 0 Å². The zero-order valence-corrected chi connectivity index (χ0v) is 15.0. The monoisotopic (exact) mass is 358 g/mol. The molecule has 0 N–H and O–H groups in total. The van der Waals surface area contributed by atoms with Gasteiger partial charge in [-0.25, -0.2) is 4.79 Å². The molecule has 0 fully saturated rings. The Balaban J connectivity index is 1.77. The Labute approximate surface area is 152 Å². The molecule has 2 atom stereocenters. The van der Waals surface area contributed by atoms with Crippen LogP contribution < -0.4 is 4.74 Å². The summed E-state index contributed by atoms with van der Waals surface area (Å²) >= 11 is 0. The lowest BCUT2D eigenvalue weighted by atomic mass is 10.2. The van der Waals surface area contributed by atoms with Crippen LogP contribution in [0.2, 0.25) is 0 Å². The third-order valence-corrected chi connectivity index (χ3v) is 3.68. The Morgan fingerprint density at radius 1 is 1.12 bits per heavy atom. The van der Waals surface area contributed by atoms with Crippen LogP contribution in [0.4, 0.5) is 0 Å². The van der Waals surface area contributed by atoms with Gasteiger partial charge >= 0.3 is 5.97 Å². The summed E-state index contributed by atoms with van der Waals surface area (Å²) in [6, 6.07) is 10.8. The van der Waals surface area contributed by atoms with Crippen molar-refractivity contribution in [2.75, 3.05) is 7.11 Å². The molecule has 0 saturated carbocycles. The molecule has 0 bridgehead atoms. The van der Waals surface area contributed by atoms with E-state index >= 15 is 0 Å². The second-order valence-corrected chi connectivity index (χ2v) is 5.63. The Hall–Kier alpha value is -2.86. The van der Waals surface area contributed by atoms with Crippen LogP contribution in [0.3, 0.4) is 0 Å². The lowest BCUT2D eigenvalue weighted by Crippen LogP contribution is -2.19. The van der Waals surface area contributed by atoms with E-state index in [1.165, 1.54) is 6.26 Å². The molecule has 0 amide bonds. The molecular weight excluding hydrogens is 336 g/mol. The van der Waals surface area contributed by atoms with Gasteiger partial charge in [0.05, 0.1) is 20.0 Å². The molecule has 0 aliphatic rings. The van der Waals surface area contributed by atoms with Crippen LogP contribution in [0.5, 0.6) is 5.75 Å². The number of esters is 1. The van der Waals surface area contributed by atoms with E-state index in [1.54, 1.807) is 33.1 Å². The SMILES string of the molecule is COc1ccc(CO[C@@H](C)C(=O)/C=C/C(=O)O[C@@H](C)c2ccco2)cc1. The topological polar surface area (TPSA) is 75.0 Å². The van der Waals surface area contributed by atoms with Crippen LogP contribution in [0, 0.1) is 0 Å². The first-order valence-electron chi connectivity index (χ1n) is 8.20. The molecule has 2 aromatic rings. The number of rotatable bonds is 9. The second-order valence-electron chi connectivity index (χ2n) is 5.63. The Kier molecular flexibility index (Phi) is 7.17. The highest BCUT2D eigenvalue weighted by Crippen LogP contribution is 2.17. The van der Waals surface area contributed by atoms with E-state index < -0.39 is 18.2 Å². The lowest BCUT2D eigenvalue weighted by Gasteiger charge is -2.11. The summed E-state index contributed by atoms with van der Waals surface area (Å²) in [5.41, 5.74) is 0.918. The predicted molar refractivity (Wildman–Crippen MR) is 94.6 cm³/mol. The Bertz CT molecular complexity index is 730. The van der Waals surface area contributed by atoms with Gasteiger partial charge in [-0.3, -0.25) is 4.79 Å². The maximum Gasteiger partial charge on any atom is 0.331 e. The van der Waals surface area contributed by atoms with Crippen molar-refractivity contribution in [2.45, 2.75) is 32.7 Å². The number of hydrogen-bond acceptors (Lipinski definition) is 6. The van der Waals surface area contributed by atoms with E-state index in [1.807, 2.05) is 24.3 Å². The van der Waals surface area contributed by atoms with Gasteiger partial charge in [0.25, 0.3) is 0 Å². The van der Waals surface area contributed by atoms with E-state index in [2.05, 4.69) is 0 Å². The van der Waals surface area contributed by atoms with Gasteiger partial charge in [0.2, 0.25) is 0 Å². The van der Waals surface area contributed by atoms with Gasteiger partial charge in [0, 0.05) is 6.08 Å². The fraction of sp³-hybridized carbons (Fsp3) is 0.300. The fourth-order valence-corrected chi connectivity index (χ4v) is 2.10. The molecule has 6 heteroatoms. The molecule has 0 spiro atoms. The molecule has 6 nitrogen and oxygen atoms in total. The van der Waals surface area contributed by atoms with Crippen molar-refractivity contribution >= 4 is 11.8 Å². The summed E-state index contributed by atoms with van der Waals surface area (Å²) in [5, 5.41) is 0. The smallest absolute Gasteiger partial charge is 0.331 e. The normalized spacial score (nSPS) is 13.3. The molecule has 1 heterocycles. The van der Waals surface area contributed by atoms with Gasteiger partial charge < -0.3 is 18.6 Å². The highest BCUT2D eigenvalue weighted by molar-refractivity contribution is 5.98. The van der Waals surface area contributed by atoms with Crippen molar-refractivity contribution in [3.05, 3.63) is 66.1 Å². The number of ether oxygens (including phenoxy) is 3. The molecule has 26 heavy (non-hydrogen) atoms. The van der Waals surface area contributed by atoms with Gasteiger partial charge in [0.15, 0.2) is 11.9 Å². The third kappa shape index (κ3) is 5.89. The van der Waals surface area contributed by atoms with Crippen molar-refractivity contribution in [3.63, 3.8) is 0 Å². The summed E-state index contributed by atoms with van der Waals surface area (Å²) in [4.78, 5) is 23.8. The van der Waals surface area contributed by atoms with Crippen LogP contribution in [0.1, 0.15) is 31.3 Å². The van der Waals surface area contributed by atoms with Crippen LogP contribution in [-0.2, 0) is 25.7 Å². The Morgan fingerprint density at radius 3 is 2.46 bits per heavy atom. The van der Waals surface area contributed by atoms with Gasteiger partial charge in [-0.15, -0.1) is 0 Å². The van der Waals surface area contributed by atoms with E-state index in [0.29, 0.717) is 5.76 Å². The summed E-state index contributed by atoms with van der Waals surface area (Å²) in [5.74, 6) is 0.350. The first kappa shape index (κ1) is 19.5. The van der Waals surface area contributed by atoms with Crippen molar-refractivity contribution in [3.8, 4) is 5.75 Å². The molecule has 1 aromatic carbocycles. The molecule has 0 radical (unpaired) electrons. The number of carbonyl (C=O) groups is 2. The van der Waals surface area contributed by atoms with E-state index in [4.69, 9.17) is 18.6 Å². The highest BCUT2D eigenvalue weighted by Gasteiger charge is 2.14. The van der Waals surface area contributed by atoms with Crippen LogP contribution in [-0.4, -0.2) is 25.0 Å². The predicted octanol–water partition coefficient (Wildman–Crippen LogP) is 3.62. The fourth-order valence-electron chi connectivity index (χ4n) is 2.10. The number of furan rings is 1. The van der Waals surface area contributed by atoms with Gasteiger partial charge in [-0.2, -0.15) is 0 Å². The largest absolute Gasteiger partial charge is 0.497 e.